The van der Waals surface area contributed by atoms with E-state index in [1.165, 1.54) is 0 Å². The van der Waals surface area contributed by atoms with Crippen LogP contribution in [0.15, 0.2) is 24.3 Å². The van der Waals surface area contributed by atoms with Crippen LogP contribution in [0.2, 0.25) is 0 Å². The first kappa shape index (κ1) is 16.1. The maximum Gasteiger partial charge on any atom is 0.230 e. The minimum absolute atomic E-state index is 0.134. The molecular weight excluding hydrogens is 292 g/mol. The second-order valence-electron chi connectivity index (χ2n) is 6.53. The summed E-state index contributed by atoms with van der Waals surface area (Å²) in [4.78, 5) is 14.9. The van der Waals surface area contributed by atoms with Crippen molar-refractivity contribution in [2.45, 2.75) is 38.7 Å². The van der Waals surface area contributed by atoms with E-state index in [1.54, 1.807) is 0 Å². The molecule has 5 heteroatoms. The molecule has 2 N–H and O–H groups in total. The number of fused-ring (bicyclic) bond motifs is 1. The number of para-hydroxylation sites is 2. The lowest BCUT2D eigenvalue weighted by Gasteiger charge is -2.36. The van der Waals surface area contributed by atoms with Gasteiger partial charge in [0, 0.05) is 13.1 Å². The van der Waals surface area contributed by atoms with Gasteiger partial charge in [0.15, 0.2) is 17.6 Å². The molecule has 1 aliphatic heterocycles. The fourth-order valence-electron chi connectivity index (χ4n) is 3.65. The summed E-state index contributed by atoms with van der Waals surface area (Å²) >= 11 is 0. The van der Waals surface area contributed by atoms with E-state index in [2.05, 4.69) is 0 Å². The maximum atomic E-state index is 13.0. The van der Waals surface area contributed by atoms with Crippen molar-refractivity contribution in [1.82, 2.24) is 4.90 Å². The van der Waals surface area contributed by atoms with Crippen molar-refractivity contribution in [2.24, 2.45) is 11.1 Å². The van der Waals surface area contributed by atoms with Crippen LogP contribution in [0.5, 0.6) is 11.5 Å². The molecule has 1 aliphatic carbocycles. The summed E-state index contributed by atoms with van der Waals surface area (Å²) < 4.78 is 11.7. The standard InChI is InChI=1S/C18H26N2O3/c1-2-20(17(21)18(13-19)9-5-6-10-18)11-14-12-22-15-7-3-4-8-16(15)23-14/h3-4,7-8,14H,2,5-6,9-13,19H2,1H3. The normalized spacial score (nSPS) is 21.9. The topological polar surface area (TPSA) is 64.8 Å². The molecule has 1 amide bonds. The summed E-state index contributed by atoms with van der Waals surface area (Å²) in [7, 11) is 0. The fraction of sp³-hybridized carbons (Fsp3) is 0.611. The molecule has 1 saturated carbocycles. The lowest BCUT2D eigenvalue weighted by molar-refractivity contribution is -0.142. The number of nitrogens with two attached hydrogens (primary N) is 1. The highest BCUT2D eigenvalue weighted by molar-refractivity contribution is 5.83. The van der Waals surface area contributed by atoms with E-state index in [1.807, 2.05) is 36.1 Å². The summed E-state index contributed by atoms with van der Waals surface area (Å²) in [6.07, 6.45) is 3.87. The highest BCUT2D eigenvalue weighted by atomic mass is 16.6. The first-order valence-electron chi connectivity index (χ1n) is 8.56. The summed E-state index contributed by atoms with van der Waals surface area (Å²) in [5.41, 5.74) is 5.60. The maximum absolute atomic E-state index is 13.0. The minimum atomic E-state index is -0.358. The summed E-state index contributed by atoms with van der Waals surface area (Å²) in [5.74, 6) is 1.71. The van der Waals surface area contributed by atoms with Gasteiger partial charge in [-0.15, -0.1) is 0 Å². The number of ether oxygens (including phenoxy) is 2. The summed E-state index contributed by atoms with van der Waals surface area (Å²) in [6, 6.07) is 7.65. The molecule has 1 aromatic carbocycles. The zero-order valence-electron chi connectivity index (χ0n) is 13.8. The summed E-state index contributed by atoms with van der Waals surface area (Å²) in [6.45, 7) is 4.13. The van der Waals surface area contributed by atoms with E-state index in [0.29, 0.717) is 26.2 Å². The zero-order chi connectivity index (χ0) is 16.3. The molecule has 1 unspecified atom stereocenters. The van der Waals surface area contributed by atoms with Gasteiger partial charge in [-0.05, 0) is 31.9 Å². The van der Waals surface area contributed by atoms with Crippen molar-refractivity contribution in [3.8, 4) is 11.5 Å². The lowest BCUT2D eigenvalue weighted by Crippen LogP contribution is -2.51. The summed E-state index contributed by atoms with van der Waals surface area (Å²) in [5, 5.41) is 0. The van der Waals surface area contributed by atoms with Gasteiger partial charge in [0.05, 0.1) is 12.0 Å². The van der Waals surface area contributed by atoms with Crippen LogP contribution in [0.3, 0.4) is 0 Å². The minimum Gasteiger partial charge on any atom is -0.486 e. The van der Waals surface area contributed by atoms with Crippen molar-refractivity contribution >= 4 is 5.91 Å². The average Bonchev–Trinajstić information content (AvgIpc) is 3.09. The van der Waals surface area contributed by atoms with Crippen LogP contribution in [0.4, 0.5) is 0 Å². The number of rotatable bonds is 5. The number of hydrogen-bond donors (Lipinski definition) is 1. The highest BCUT2D eigenvalue weighted by Gasteiger charge is 2.42. The Hall–Kier alpha value is -1.75. The van der Waals surface area contributed by atoms with Crippen molar-refractivity contribution in [3.05, 3.63) is 24.3 Å². The molecular formula is C18H26N2O3. The SMILES string of the molecule is CCN(CC1COc2ccccc2O1)C(=O)C1(CN)CCCC1. The highest BCUT2D eigenvalue weighted by Crippen LogP contribution is 2.39. The third kappa shape index (κ3) is 3.15. The molecule has 0 bridgehead atoms. The molecule has 0 radical (unpaired) electrons. The molecule has 0 saturated heterocycles. The van der Waals surface area contributed by atoms with Gasteiger partial charge in [-0.25, -0.2) is 0 Å². The molecule has 3 rings (SSSR count). The molecule has 1 heterocycles. The predicted molar refractivity (Wildman–Crippen MR) is 88.6 cm³/mol. The van der Waals surface area contributed by atoms with Gasteiger partial charge in [-0.1, -0.05) is 25.0 Å². The Kier molecular flexibility index (Phi) is 4.76. The molecule has 0 spiro atoms. The Bertz CT molecular complexity index is 555. The molecule has 5 nitrogen and oxygen atoms in total. The van der Waals surface area contributed by atoms with Gasteiger partial charge in [0.25, 0.3) is 0 Å². The second-order valence-corrected chi connectivity index (χ2v) is 6.53. The Balaban J connectivity index is 1.67. The third-order valence-corrected chi connectivity index (χ3v) is 5.07. The van der Waals surface area contributed by atoms with Gasteiger partial charge in [0.1, 0.15) is 6.61 Å². The molecule has 0 aromatic heterocycles. The van der Waals surface area contributed by atoms with Gasteiger partial charge < -0.3 is 20.1 Å². The molecule has 126 valence electrons. The predicted octanol–water partition coefficient (Wildman–Crippen LogP) is 2.19. The van der Waals surface area contributed by atoms with Crippen LogP contribution in [-0.4, -0.2) is 43.2 Å². The van der Waals surface area contributed by atoms with Crippen molar-refractivity contribution in [3.63, 3.8) is 0 Å². The third-order valence-electron chi connectivity index (χ3n) is 5.07. The van der Waals surface area contributed by atoms with Crippen molar-refractivity contribution < 1.29 is 14.3 Å². The van der Waals surface area contributed by atoms with E-state index in [9.17, 15) is 4.79 Å². The Morgan fingerprint density at radius 1 is 1.30 bits per heavy atom. The van der Waals surface area contributed by atoms with Gasteiger partial charge in [-0.2, -0.15) is 0 Å². The van der Waals surface area contributed by atoms with Crippen LogP contribution < -0.4 is 15.2 Å². The molecule has 2 aliphatic rings. The first-order chi connectivity index (χ1) is 11.2. The van der Waals surface area contributed by atoms with Crippen molar-refractivity contribution in [1.29, 1.82) is 0 Å². The lowest BCUT2D eigenvalue weighted by atomic mass is 9.84. The van der Waals surface area contributed by atoms with Crippen LogP contribution >= 0.6 is 0 Å². The number of amides is 1. The first-order valence-corrected chi connectivity index (χ1v) is 8.56. The molecule has 1 fully saturated rings. The monoisotopic (exact) mass is 318 g/mol. The van der Waals surface area contributed by atoms with E-state index < -0.39 is 0 Å². The van der Waals surface area contributed by atoms with E-state index in [0.717, 1.165) is 37.2 Å². The number of carbonyl (C=O) groups is 1. The van der Waals surface area contributed by atoms with Gasteiger partial charge in [0.2, 0.25) is 5.91 Å². The quantitative estimate of drug-likeness (QED) is 0.904. The second kappa shape index (κ2) is 6.79. The zero-order valence-corrected chi connectivity index (χ0v) is 13.8. The molecule has 1 atom stereocenters. The van der Waals surface area contributed by atoms with Gasteiger partial charge >= 0.3 is 0 Å². The van der Waals surface area contributed by atoms with Crippen LogP contribution in [0.25, 0.3) is 0 Å². The van der Waals surface area contributed by atoms with E-state index in [4.69, 9.17) is 15.2 Å². The van der Waals surface area contributed by atoms with Crippen molar-refractivity contribution in [2.75, 3.05) is 26.2 Å². The Morgan fingerprint density at radius 3 is 2.65 bits per heavy atom. The number of carbonyl (C=O) groups excluding carboxylic acids is 1. The van der Waals surface area contributed by atoms with Crippen LogP contribution in [0, 0.1) is 5.41 Å². The largest absolute Gasteiger partial charge is 0.486 e. The van der Waals surface area contributed by atoms with E-state index in [-0.39, 0.29) is 17.4 Å². The van der Waals surface area contributed by atoms with Crippen LogP contribution in [0.1, 0.15) is 32.6 Å². The number of benzene rings is 1. The molecule has 23 heavy (non-hydrogen) atoms. The number of nitrogens with zero attached hydrogens (tertiary/aromatic N) is 1. The Morgan fingerprint density at radius 2 is 2.00 bits per heavy atom. The Labute approximate surface area is 137 Å². The number of likely N-dealkylation sites (N-methyl/N-ethyl adjacent to an activating group) is 1. The number of hydrogen-bond acceptors (Lipinski definition) is 4. The average molecular weight is 318 g/mol. The van der Waals surface area contributed by atoms with Crippen LogP contribution in [-0.2, 0) is 4.79 Å². The smallest absolute Gasteiger partial charge is 0.230 e. The molecule has 1 aromatic rings. The van der Waals surface area contributed by atoms with E-state index >= 15 is 0 Å². The fourth-order valence-corrected chi connectivity index (χ4v) is 3.65. The van der Waals surface area contributed by atoms with Gasteiger partial charge in [-0.3, -0.25) is 4.79 Å².